The van der Waals surface area contributed by atoms with Crippen LogP contribution in [0, 0.1) is 0 Å². The summed E-state index contributed by atoms with van der Waals surface area (Å²) in [5.74, 6) is -0.992. The molecule has 0 aliphatic heterocycles. The van der Waals surface area contributed by atoms with Crippen LogP contribution in [0.3, 0.4) is 0 Å². The van der Waals surface area contributed by atoms with E-state index in [2.05, 4.69) is 20.1 Å². The summed E-state index contributed by atoms with van der Waals surface area (Å²) in [5, 5.41) is 15.5. The number of azide groups is 2. The van der Waals surface area contributed by atoms with Crippen LogP contribution in [0.15, 0.2) is 10.2 Å². The molecule has 0 aliphatic rings. The summed E-state index contributed by atoms with van der Waals surface area (Å²) in [6.07, 6.45) is 0.608. The van der Waals surface area contributed by atoms with Crippen molar-refractivity contribution in [3.05, 3.63) is 20.9 Å². The highest BCUT2D eigenvalue weighted by atomic mass is 16.6. The maximum atomic E-state index is 10.3. The summed E-state index contributed by atoms with van der Waals surface area (Å²) >= 11 is 0. The fourth-order valence-electron chi connectivity index (χ4n) is 2.24. The van der Waals surface area contributed by atoms with Gasteiger partial charge >= 0.3 is 5.97 Å². The van der Waals surface area contributed by atoms with Crippen molar-refractivity contribution in [1.82, 2.24) is 0 Å². The van der Waals surface area contributed by atoms with Crippen LogP contribution >= 0.6 is 0 Å². The first kappa shape index (κ1) is 31.8. The second kappa shape index (κ2) is 24.0. The van der Waals surface area contributed by atoms with Crippen LogP contribution in [0.4, 0.5) is 0 Å². The Morgan fingerprint density at radius 1 is 0.735 bits per heavy atom. The normalized spacial score (nSPS) is 12.5. The van der Waals surface area contributed by atoms with Crippen LogP contribution in [0.1, 0.15) is 13.3 Å². The molecular weight excluding hydrogens is 456 g/mol. The lowest BCUT2D eigenvalue weighted by atomic mass is 10.1. The first-order valence-corrected chi connectivity index (χ1v) is 10.9. The zero-order chi connectivity index (χ0) is 25.2. The molecule has 0 aromatic rings. The molecule has 0 aromatic carbocycles. The molecule has 0 heterocycles. The van der Waals surface area contributed by atoms with Crippen molar-refractivity contribution >= 4 is 5.97 Å². The van der Waals surface area contributed by atoms with Crippen LogP contribution in [-0.4, -0.2) is 116 Å². The van der Waals surface area contributed by atoms with Crippen molar-refractivity contribution in [2.75, 3.05) is 99.0 Å². The fraction of sp³-hybridized carbons (Fsp3) is 0.947. The Morgan fingerprint density at radius 2 is 1.21 bits per heavy atom. The van der Waals surface area contributed by atoms with Gasteiger partial charge in [0.05, 0.1) is 78.2 Å². The van der Waals surface area contributed by atoms with Gasteiger partial charge in [-0.05, 0) is 24.4 Å². The molecule has 0 saturated carbocycles. The van der Waals surface area contributed by atoms with E-state index in [1.165, 1.54) is 0 Å². The number of rotatable bonds is 26. The van der Waals surface area contributed by atoms with E-state index in [0.717, 1.165) is 0 Å². The van der Waals surface area contributed by atoms with Gasteiger partial charge in [0.25, 0.3) is 0 Å². The fourth-order valence-corrected chi connectivity index (χ4v) is 2.24. The number of ether oxygens (including phenoxy) is 7. The van der Waals surface area contributed by atoms with E-state index in [1.54, 1.807) is 6.92 Å². The van der Waals surface area contributed by atoms with E-state index < -0.39 is 11.5 Å². The Kier molecular flexibility index (Phi) is 22.4. The molecule has 0 aliphatic carbocycles. The van der Waals surface area contributed by atoms with Crippen LogP contribution in [0.5, 0.6) is 0 Å². The molecule has 1 N–H and O–H groups in total. The van der Waals surface area contributed by atoms with Gasteiger partial charge in [-0.3, -0.25) is 0 Å². The second-order valence-electron chi connectivity index (χ2n) is 7.00. The number of nitrogens with zero attached hydrogens (tertiary/aromatic N) is 6. The molecule has 0 radical (unpaired) electrons. The van der Waals surface area contributed by atoms with Crippen LogP contribution < -0.4 is 0 Å². The molecule has 0 amide bonds. The van der Waals surface area contributed by atoms with Gasteiger partial charge in [-0.25, -0.2) is 4.79 Å². The van der Waals surface area contributed by atoms with Gasteiger partial charge in [0.2, 0.25) is 0 Å². The zero-order valence-corrected chi connectivity index (χ0v) is 19.7. The Hall–Kier alpha value is -2.19. The minimum Gasteiger partial charge on any atom is -0.480 e. The molecule has 15 heteroatoms. The topological polar surface area (TPSA) is 199 Å². The third-order valence-electron chi connectivity index (χ3n) is 3.80. The monoisotopic (exact) mass is 492 g/mol. The lowest BCUT2D eigenvalue weighted by Gasteiger charge is -2.23. The van der Waals surface area contributed by atoms with Gasteiger partial charge in [0.1, 0.15) is 6.61 Å². The van der Waals surface area contributed by atoms with Gasteiger partial charge in [0, 0.05) is 29.6 Å². The van der Waals surface area contributed by atoms with Crippen LogP contribution in [-0.2, 0) is 38.0 Å². The van der Waals surface area contributed by atoms with Crippen LogP contribution in [0.2, 0.25) is 0 Å². The second-order valence-corrected chi connectivity index (χ2v) is 7.00. The van der Waals surface area contributed by atoms with Crippen molar-refractivity contribution in [2.45, 2.75) is 18.9 Å². The van der Waals surface area contributed by atoms with E-state index in [1.807, 2.05) is 0 Å². The third-order valence-corrected chi connectivity index (χ3v) is 3.80. The molecule has 1 atom stereocenters. The van der Waals surface area contributed by atoms with Gasteiger partial charge < -0.3 is 38.3 Å². The highest BCUT2D eigenvalue weighted by Gasteiger charge is 2.23. The Bertz CT molecular complexity index is 603. The Morgan fingerprint density at radius 3 is 1.71 bits per heavy atom. The van der Waals surface area contributed by atoms with Crippen molar-refractivity contribution in [3.63, 3.8) is 0 Å². The van der Waals surface area contributed by atoms with E-state index >= 15 is 0 Å². The number of carboxylic acid groups (broad SMARTS) is 1. The van der Waals surface area contributed by atoms with E-state index in [0.29, 0.717) is 79.1 Å². The van der Waals surface area contributed by atoms with E-state index in [-0.39, 0.29) is 26.4 Å². The minimum absolute atomic E-state index is 0.174. The molecule has 0 saturated heterocycles. The number of carboxylic acids is 1. The summed E-state index contributed by atoms with van der Waals surface area (Å²) in [5.41, 5.74) is 16.1. The molecule has 0 bridgehead atoms. The maximum absolute atomic E-state index is 10.3. The first-order chi connectivity index (χ1) is 16.5. The molecule has 0 spiro atoms. The molecular formula is C19H36N6O9. The molecule has 196 valence electrons. The highest BCUT2D eigenvalue weighted by Crippen LogP contribution is 2.12. The van der Waals surface area contributed by atoms with Crippen LogP contribution in [0.25, 0.3) is 20.9 Å². The average Bonchev–Trinajstić information content (AvgIpc) is 2.80. The lowest BCUT2D eigenvalue weighted by Crippen LogP contribution is -2.35. The summed E-state index contributed by atoms with van der Waals surface area (Å²) < 4.78 is 37.3. The smallest absolute Gasteiger partial charge is 0.329 e. The molecule has 0 aromatic heterocycles. The lowest BCUT2D eigenvalue weighted by molar-refractivity contribution is -0.142. The highest BCUT2D eigenvalue weighted by molar-refractivity contribution is 5.67. The van der Waals surface area contributed by atoms with Crippen molar-refractivity contribution in [2.24, 2.45) is 10.2 Å². The summed E-state index contributed by atoms with van der Waals surface area (Å²) in [6.45, 7) is 6.16. The zero-order valence-electron chi connectivity index (χ0n) is 19.7. The summed E-state index contributed by atoms with van der Waals surface area (Å²) in [7, 11) is 0. The van der Waals surface area contributed by atoms with Gasteiger partial charge in [-0.1, -0.05) is 10.2 Å². The number of hydrogen-bond donors (Lipinski definition) is 1. The minimum atomic E-state index is -0.992. The summed E-state index contributed by atoms with van der Waals surface area (Å²) in [6, 6.07) is 0. The third kappa shape index (κ3) is 23.0. The molecule has 15 nitrogen and oxygen atoms in total. The Balaban J connectivity index is 3.62. The molecule has 0 fully saturated rings. The van der Waals surface area contributed by atoms with Gasteiger partial charge in [-0.2, -0.15) is 0 Å². The average molecular weight is 493 g/mol. The standard InChI is InChI=1S/C19H36N6O9/c1-19(23-25-21,17-34-14-12-31-10-8-29-6-3-22-24-20)16-33-13-11-30-9-7-28-4-2-5-32-15-18(26)27/h2-17H2,1H3,(H,26,27). The predicted octanol–water partition coefficient (Wildman–Crippen LogP) is 1.96. The van der Waals surface area contributed by atoms with Crippen molar-refractivity contribution < 1.29 is 43.1 Å². The summed E-state index contributed by atoms with van der Waals surface area (Å²) in [4.78, 5) is 15.8. The number of aliphatic carboxylic acids is 1. The quantitative estimate of drug-likeness (QED) is 0.0810. The predicted molar refractivity (Wildman–Crippen MR) is 120 cm³/mol. The van der Waals surface area contributed by atoms with E-state index in [9.17, 15) is 4.79 Å². The Labute approximate surface area is 198 Å². The SMILES string of the molecule is CC(COCCOCCOCCCOCC(=O)O)(COCCOCCOCCN=[N+]=[N-])N=[N+]=[N-]. The number of hydrogen-bond acceptors (Lipinski definition) is 10. The van der Waals surface area contributed by atoms with Gasteiger partial charge in [0.15, 0.2) is 0 Å². The van der Waals surface area contributed by atoms with E-state index in [4.69, 9.17) is 49.3 Å². The first-order valence-electron chi connectivity index (χ1n) is 10.9. The maximum Gasteiger partial charge on any atom is 0.329 e. The number of carbonyl (C=O) groups is 1. The molecule has 34 heavy (non-hydrogen) atoms. The molecule has 0 rings (SSSR count). The molecule has 1 unspecified atom stereocenters. The van der Waals surface area contributed by atoms with Crippen molar-refractivity contribution in [1.29, 1.82) is 0 Å². The van der Waals surface area contributed by atoms with Crippen molar-refractivity contribution in [3.8, 4) is 0 Å². The van der Waals surface area contributed by atoms with Gasteiger partial charge in [-0.15, -0.1) is 0 Å². The largest absolute Gasteiger partial charge is 0.480 e.